The lowest BCUT2D eigenvalue weighted by Gasteiger charge is -2.25. The van der Waals surface area contributed by atoms with Gasteiger partial charge in [-0.05, 0) is 57.1 Å². The number of ether oxygens (including phenoxy) is 3. The highest BCUT2D eigenvalue weighted by atomic mass is 16.5. The van der Waals surface area contributed by atoms with E-state index in [9.17, 15) is 0 Å². The van der Waals surface area contributed by atoms with Crippen molar-refractivity contribution >= 4 is 0 Å². The smallest absolute Gasteiger partial charge is 0.128 e. The average molecular weight is 370 g/mol. The van der Waals surface area contributed by atoms with E-state index in [0.717, 1.165) is 25.2 Å². The van der Waals surface area contributed by atoms with Gasteiger partial charge in [0.25, 0.3) is 0 Å². The van der Waals surface area contributed by atoms with Gasteiger partial charge in [-0.25, -0.2) is 0 Å². The lowest BCUT2D eigenvalue weighted by atomic mass is 9.93. The van der Waals surface area contributed by atoms with Crippen LogP contribution in [0.25, 0.3) is 0 Å². The minimum Gasteiger partial charge on any atom is -0.485 e. The Morgan fingerprint density at radius 3 is 2.29 bits per heavy atom. The second kappa shape index (κ2) is 6.47. The summed E-state index contributed by atoms with van der Waals surface area (Å²) >= 11 is 0. The molecule has 140 valence electrons. The van der Waals surface area contributed by atoms with Gasteiger partial charge in [-0.3, -0.25) is 0 Å². The molecule has 0 bridgehead atoms. The number of fused-ring (bicyclic) bond motifs is 3. The molecule has 6 rings (SSSR count). The standard InChI is InChI=1S/C25H22O3/c1-2-4-19-15-27-24(11-16(19)3-1)17-7-8-23-21(9-17)12-25(28-23)18-5-6-20-13-26-14-22(20)10-18/h1-10,24-25H,11-15H2. The van der Waals surface area contributed by atoms with Crippen LogP contribution < -0.4 is 4.74 Å². The number of benzene rings is 3. The third-order valence-corrected chi connectivity index (χ3v) is 6.21. The van der Waals surface area contributed by atoms with E-state index in [2.05, 4.69) is 60.7 Å². The second-order valence-electron chi connectivity index (χ2n) is 7.97. The lowest BCUT2D eigenvalue weighted by molar-refractivity contribution is 0.0274. The second-order valence-corrected chi connectivity index (χ2v) is 7.97. The molecule has 3 heterocycles. The maximum Gasteiger partial charge on any atom is 0.128 e. The molecule has 28 heavy (non-hydrogen) atoms. The predicted molar refractivity (Wildman–Crippen MR) is 106 cm³/mol. The van der Waals surface area contributed by atoms with E-state index in [1.54, 1.807) is 0 Å². The van der Waals surface area contributed by atoms with E-state index in [1.165, 1.54) is 38.9 Å². The summed E-state index contributed by atoms with van der Waals surface area (Å²) in [6, 6.07) is 21.8. The Morgan fingerprint density at radius 1 is 0.607 bits per heavy atom. The zero-order valence-electron chi connectivity index (χ0n) is 15.7. The topological polar surface area (TPSA) is 27.7 Å². The fourth-order valence-electron chi connectivity index (χ4n) is 4.61. The molecule has 3 heteroatoms. The summed E-state index contributed by atoms with van der Waals surface area (Å²) in [5.41, 5.74) is 9.08. The molecule has 0 aliphatic carbocycles. The van der Waals surface area contributed by atoms with Gasteiger partial charge >= 0.3 is 0 Å². The highest BCUT2D eigenvalue weighted by molar-refractivity contribution is 5.45. The zero-order valence-corrected chi connectivity index (χ0v) is 15.7. The van der Waals surface area contributed by atoms with Gasteiger partial charge in [-0.2, -0.15) is 0 Å². The molecule has 3 aliphatic heterocycles. The van der Waals surface area contributed by atoms with Gasteiger partial charge in [0.2, 0.25) is 0 Å². The molecule has 2 atom stereocenters. The Bertz CT molecular complexity index is 1060. The van der Waals surface area contributed by atoms with Gasteiger partial charge in [-0.1, -0.05) is 42.5 Å². The van der Waals surface area contributed by atoms with Crippen LogP contribution in [0.15, 0.2) is 60.7 Å². The summed E-state index contributed by atoms with van der Waals surface area (Å²) in [5, 5.41) is 0. The van der Waals surface area contributed by atoms with Crippen LogP contribution >= 0.6 is 0 Å². The van der Waals surface area contributed by atoms with Crippen molar-refractivity contribution < 1.29 is 14.2 Å². The minimum absolute atomic E-state index is 0.0872. The Kier molecular flexibility index (Phi) is 3.78. The van der Waals surface area contributed by atoms with Crippen molar-refractivity contribution in [3.63, 3.8) is 0 Å². The van der Waals surface area contributed by atoms with Crippen molar-refractivity contribution in [2.24, 2.45) is 0 Å². The van der Waals surface area contributed by atoms with E-state index in [4.69, 9.17) is 14.2 Å². The van der Waals surface area contributed by atoms with Crippen molar-refractivity contribution in [2.75, 3.05) is 0 Å². The van der Waals surface area contributed by atoms with Crippen LogP contribution in [0.1, 0.15) is 51.2 Å². The van der Waals surface area contributed by atoms with Crippen LogP contribution in [0.2, 0.25) is 0 Å². The fraction of sp³-hybridized carbons (Fsp3) is 0.280. The first-order valence-corrected chi connectivity index (χ1v) is 10.0. The number of hydrogen-bond donors (Lipinski definition) is 0. The number of hydrogen-bond acceptors (Lipinski definition) is 3. The lowest BCUT2D eigenvalue weighted by Crippen LogP contribution is -2.15. The van der Waals surface area contributed by atoms with E-state index in [0.29, 0.717) is 13.2 Å². The van der Waals surface area contributed by atoms with E-state index >= 15 is 0 Å². The zero-order chi connectivity index (χ0) is 18.5. The molecule has 0 aromatic heterocycles. The van der Waals surface area contributed by atoms with Crippen molar-refractivity contribution in [1.82, 2.24) is 0 Å². The third kappa shape index (κ3) is 2.74. The highest BCUT2D eigenvalue weighted by Crippen LogP contribution is 2.40. The van der Waals surface area contributed by atoms with Crippen LogP contribution in [0.4, 0.5) is 0 Å². The largest absolute Gasteiger partial charge is 0.485 e. The Hall–Kier alpha value is -2.62. The molecule has 0 spiro atoms. The monoisotopic (exact) mass is 370 g/mol. The van der Waals surface area contributed by atoms with Crippen LogP contribution in [0.3, 0.4) is 0 Å². The molecule has 2 unspecified atom stereocenters. The fourth-order valence-corrected chi connectivity index (χ4v) is 4.61. The summed E-state index contributed by atoms with van der Waals surface area (Å²) < 4.78 is 18.0. The maximum absolute atomic E-state index is 6.27. The molecular formula is C25H22O3. The number of rotatable bonds is 2. The van der Waals surface area contributed by atoms with Crippen molar-refractivity contribution in [3.05, 3.63) is 99.6 Å². The summed E-state index contributed by atoms with van der Waals surface area (Å²) in [6.07, 6.45) is 2.05. The van der Waals surface area contributed by atoms with Crippen molar-refractivity contribution in [3.8, 4) is 5.75 Å². The summed E-state index contributed by atoms with van der Waals surface area (Å²) in [6.45, 7) is 2.14. The molecule has 0 saturated heterocycles. The first kappa shape index (κ1) is 16.3. The van der Waals surface area contributed by atoms with Gasteiger partial charge in [0.1, 0.15) is 11.9 Å². The molecule has 3 aromatic carbocycles. The SMILES string of the molecule is c1ccc2c(c1)COC(c1ccc3c(c1)CC(c1ccc4c(c1)COC4)O3)C2. The van der Waals surface area contributed by atoms with Crippen LogP contribution in [0.5, 0.6) is 5.75 Å². The van der Waals surface area contributed by atoms with Crippen molar-refractivity contribution in [2.45, 2.75) is 44.9 Å². The van der Waals surface area contributed by atoms with Gasteiger partial charge < -0.3 is 14.2 Å². The third-order valence-electron chi connectivity index (χ3n) is 6.21. The van der Waals surface area contributed by atoms with Gasteiger partial charge in [0.15, 0.2) is 0 Å². The average Bonchev–Trinajstić information content (AvgIpc) is 3.39. The Morgan fingerprint density at radius 2 is 1.32 bits per heavy atom. The molecule has 0 amide bonds. The molecular weight excluding hydrogens is 348 g/mol. The van der Waals surface area contributed by atoms with Crippen LogP contribution in [0, 0.1) is 0 Å². The summed E-state index contributed by atoms with van der Waals surface area (Å²) in [4.78, 5) is 0. The van der Waals surface area contributed by atoms with E-state index < -0.39 is 0 Å². The van der Waals surface area contributed by atoms with E-state index in [-0.39, 0.29) is 12.2 Å². The Labute approximate surface area is 164 Å². The molecule has 0 saturated carbocycles. The van der Waals surface area contributed by atoms with Gasteiger partial charge in [-0.15, -0.1) is 0 Å². The molecule has 3 nitrogen and oxygen atoms in total. The van der Waals surface area contributed by atoms with Crippen molar-refractivity contribution in [1.29, 1.82) is 0 Å². The maximum atomic E-state index is 6.27. The summed E-state index contributed by atoms with van der Waals surface area (Å²) in [5.74, 6) is 1.00. The molecule has 0 N–H and O–H groups in total. The van der Waals surface area contributed by atoms with Gasteiger partial charge in [0, 0.05) is 12.8 Å². The predicted octanol–water partition coefficient (Wildman–Crippen LogP) is 5.21. The molecule has 3 aromatic rings. The van der Waals surface area contributed by atoms with Gasteiger partial charge in [0.05, 0.1) is 25.9 Å². The molecule has 0 fully saturated rings. The van der Waals surface area contributed by atoms with Crippen LogP contribution in [-0.4, -0.2) is 0 Å². The first-order valence-electron chi connectivity index (χ1n) is 10.0. The van der Waals surface area contributed by atoms with E-state index in [1.807, 2.05) is 0 Å². The highest BCUT2D eigenvalue weighted by Gasteiger charge is 2.28. The van der Waals surface area contributed by atoms with Crippen LogP contribution in [-0.2, 0) is 42.1 Å². The molecule has 0 radical (unpaired) electrons. The first-order chi connectivity index (χ1) is 13.8. The molecule has 3 aliphatic rings. The quantitative estimate of drug-likeness (QED) is 0.620. The Balaban J connectivity index is 1.24. The minimum atomic E-state index is 0.0872. The summed E-state index contributed by atoms with van der Waals surface area (Å²) in [7, 11) is 0. The normalized spacial score (nSPS) is 22.3.